The Bertz CT molecular complexity index is 1510. The van der Waals surface area contributed by atoms with Gasteiger partial charge in [-0.1, -0.05) is 66.7 Å². The molecule has 3 heteroatoms. The first-order valence-electron chi connectivity index (χ1n) is 11.4. The topological polar surface area (TPSA) is 37.4 Å². The van der Waals surface area contributed by atoms with Crippen LogP contribution in [0.5, 0.6) is 0 Å². The number of carbonyl (C=O) groups excluding carboxylic acids is 2. The zero-order chi connectivity index (χ0) is 22.1. The summed E-state index contributed by atoms with van der Waals surface area (Å²) in [5, 5.41) is 2.69. The molecule has 3 aromatic rings. The minimum Gasteiger partial charge on any atom is -0.366 e. The lowest BCUT2D eigenvalue weighted by Gasteiger charge is -2.23. The van der Waals surface area contributed by atoms with Gasteiger partial charge in [0.2, 0.25) is 0 Å². The Hall–Kier alpha value is -3.98. The summed E-state index contributed by atoms with van der Waals surface area (Å²) in [6.07, 6.45) is 7.78. The molecule has 33 heavy (non-hydrogen) atoms. The van der Waals surface area contributed by atoms with Crippen LogP contribution < -0.4 is 0 Å². The van der Waals surface area contributed by atoms with Gasteiger partial charge in [0.05, 0.1) is 5.57 Å². The van der Waals surface area contributed by atoms with Crippen LogP contribution in [-0.4, -0.2) is 29.6 Å². The molecule has 0 saturated carbocycles. The fourth-order valence-electron chi connectivity index (χ4n) is 5.78. The molecule has 0 atom stereocenters. The number of hydrogen-bond donors (Lipinski definition) is 0. The van der Waals surface area contributed by atoms with Gasteiger partial charge in [-0.05, 0) is 57.2 Å². The molecule has 1 heterocycles. The molecule has 0 radical (unpaired) electrons. The van der Waals surface area contributed by atoms with Crippen LogP contribution in [0.1, 0.15) is 38.3 Å². The van der Waals surface area contributed by atoms with E-state index in [2.05, 4.69) is 53.5 Å². The molecule has 0 spiro atoms. The third-order valence-electron chi connectivity index (χ3n) is 7.43. The maximum atomic E-state index is 12.7. The molecule has 1 aliphatic heterocycles. The Labute approximate surface area is 192 Å². The van der Waals surface area contributed by atoms with E-state index < -0.39 is 0 Å². The Morgan fingerprint density at radius 1 is 0.727 bits per heavy atom. The number of ketones is 2. The van der Waals surface area contributed by atoms with Crippen LogP contribution in [0, 0.1) is 0 Å². The smallest absolute Gasteiger partial charge is 0.197 e. The molecule has 3 aliphatic carbocycles. The zero-order valence-electron chi connectivity index (χ0n) is 18.1. The van der Waals surface area contributed by atoms with Gasteiger partial charge in [-0.2, -0.15) is 0 Å². The molecule has 3 nitrogen and oxygen atoms in total. The van der Waals surface area contributed by atoms with E-state index in [-0.39, 0.29) is 11.6 Å². The second-order valence-electron chi connectivity index (χ2n) is 9.27. The first-order chi connectivity index (χ1) is 16.2. The van der Waals surface area contributed by atoms with Gasteiger partial charge < -0.3 is 4.90 Å². The van der Waals surface area contributed by atoms with Gasteiger partial charge in [-0.25, -0.2) is 0 Å². The maximum absolute atomic E-state index is 12.7. The quantitative estimate of drug-likeness (QED) is 0.390. The van der Waals surface area contributed by atoms with Crippen LogP contribution >= 0.6 is 0 Å². The van der Waals surface area contributed by atoms with Gasteiger partial charge in [0.1, 0.15) is 0 Å². The monoisotopic (exact) mass is 427 g/mol. The van der Waals surface area contributed by atoms with E-state index in [0.29, 0.717) is 16.7 Å². The molecule has 7 rings (SSSR count). The van der Waals surface area contributed by atoms with Gasteiger partial charge in [-0.15, -0.1) is 0 Å². The van der Waals surface area contributed by atoms with Crippen LogP contribution in [-0.2, 0) is 6.42 Å². The summed E-state index contributed by atoms with van der Waals surface area (Å²) in [7, 11) is 0. The molecule has 3 aromatic carbocycles. The highest BCUT2D eigenvalue weighted by Crippen LogP contribution is 2.43. The zero-order valence-corrected chi connectivity index (χ0v) is 18.1. The van der Waals surface area contributed by atoms with E-state index in [4.69, 9.17) is 0 Å². The normalized spacial score (nSPS) is 18.7. The first kappa shape index (κ1) is 18.6. The molecule has 0 N–H and O–H groups in total. The number of fused-ring (bicyclic) bond motifs is 5. The van der Waals surface area contributed by atoms with Crippen molar-refractivity contribution >= 4 is 27.9 Å². The molecule has 0 unspecified atom stereocenters. The van der Waals surface area contributed by atoms with Crippen molar-refractivity contribution in [3.8, 4) is 0 Å². The lowest BCUT2D eigenvalue weighted by molar-refractivity contribution is 0.0988. The number of rotatable bonds is 2. The van der Waals surface area contributed by atoms with E-state index >= 15 is 0 Å². The highest BCUT2D eigenvalue weighted by molar-refractivity contribution is 6.39. The second-order valence-corrected chi connectivity index (χ2v) is 9.27. The molecule has 0 saturated heterocycles. The second kappa shape index (κ2) is 6.76. The minimum atomic E-state index is -0.157. The molecule has 0 aromatic heterocycles. The van der Waals surface area contributed by atoms with Crippen molar-refractivity contribution in [3.05, 3.63) is 124 Å². The van der Waals surface area contributed by atoms with Crippen LogP contribution in [0.15, 0.2) is 101 Å². The largest absolute Gasteiger partial charge is 0.366 e. The summed E-state index contributed by atoms with van der Waals surface area (Å²) in [5.74, 6) is -0.314. The molecule has 4 aliphatic rings. The average molecular weight is 428 g/mol. The lowest BCUT2D eigenvalue weighted by Crippen LogP contribution is -2.21. The number of benzene rings is 3. The van der Waals surface area contributed by atoms with Crippen molar-refractivity contribution in [2.75, 3.05) is 13.1 Å². The van der Waals surface area contributed by atoms with Crippen LogP contribution in [0.2, 0.25) is 0 Å². The Morgan fingerprint density at radius 2 is 1.48 bits per heavy atom. The summed E-state index contributed by atoms with van der Waals surface area (Å²) in [5.41, 5.74) is 9.48. The van der Waals surface area contributed by atoms with E-state index in [1.807, 2.05) is 12.1 Å². The number of Topliss-reactive ketones (excluding diaryl/α,β-unsaturated/α-hetero) is 2. The van der Waals surface area contributed by atoms with Gasteiger partial charge in [-0.3, -0.25) is 9.59 Å². The first-order valence-corrected chi connectivity index (χ1v) is 11.4. The third-order valence-corrected chi connectivity index (χ3v) is 7.43. The Balaban J connectivity index is 1.09. The van der Waals surface area contributed by atoms with Crippen molar-refractivity contribution in [3.63, 3.8) is 0 Å². The van der Waals surface area contributed by atoms with Crippen LogP contribution in [0.4, 0.5) is 0 Å². The fourth-order valence-corrected chi connectivity index (χ4v) is 5.78. The minimum absolute atomic E-state index is 0.157. The summed E-state index contributed by atoms with van der Waals surface area (Å²) in [6.45, 7) is 1.87. The maximum Gasteiger partial charge on any atom is 0.197 e. The van der Waals surface area contributed by atoms with Gasteiger partial charge in [0.15, 0.2) is 11.6 Å². The van der Waals surface area contributed by atoms with Crippen molar-refractivity contribution in [1.29, 1.82) is 0 Å². The third kappa shape index (κ3) is 2.69. The lowest BCUT2D eigenvalue weighted by atomic mass is 9.98. The number of hydrogen-bond acceptors (Lipinski definition) is 3. The molecule has 158 valence electrons. The van der Waals surface area contributed by atoms with Crippen molar-refractivity contribution in [2.45, 2.75) is 12.8 Å². The number of carbonyl (C=O) groups is 2. The molecule has 0 amide bonds. The van der Waals surface area contributed by atoms with Crippen LogP contribution in [0.3, 0.4) is 0 Å². The van der Waals surface area contributed by atoms with E-state index in [1.54, 1.807) is 18.2 Å². The molecular weight excluding hydrogens is 406 g/mol. The summed E-state index contributed by atoms with van der Waals surface area (Å²) < 4.78 is 0. The summed E-state index contributed by atoms with van der Waals surface area (Å²) in [4.78, 5) is 27.9. The average Bonchev–Trinajstić information content (AvgIpc) is 3.59. The fraction of sp³-hybridized carbons (Fsp3) is 0.133. The van der Waals surface area contributed by atoms with Gasteiger partial charge >= 0.3 is 0 Å². The number of nitrogens with zero attached hydrogens (tertiary/aromatic N) is 1. The van der Waals surface area contributed by atoms with Crippen molar-refractivity contribution in [2.24, 2.45) is 0 Å². The predicted molar refractivity (Wildman–Crippen MR) is 130 cm³/mol. The van der Waals surface area contributed by atoms with Gasteiger partial charge in [0.25, 0.3) is 0 Å². The van der Waals surface area contributed by atoms with E-state index in [0.717, 1.165) is 31.5 Å². The SMILES string of the molecule is O=C1C(=CC2=CC=C(N3CC4=C(C3)c3ccc5ccccc5c3C4)C2)C(=O)c2ccccc21. The summed E-state index contributed by atoms with van der Waals surface area (Å²) >= 11 is 0. The Morgan fingerprint density at radius 3 is 2.30 bits per heavy atom. The summed E-state index contributed by atoms with van der Waals surface area (Å²) in [6, 6.07) is 20.3. The highest BCUT2D eigenvalue weighted by Gasteiger charge is 2.34. The van der Waals surface area contributed by atoms with Gasteiger partial charge in [0, 0.05) is 36.3 Å². The molecule has 0 bridgehead atoms. The highest BCUT2D eigenvalue weighted by atomic mass is 16.2. The predicted octanol–water partition coefficient (Wildman–Crippen LogP) is 5.68. The van der Waals surface area contributed by atoms with E-state index in [1.165, 1.54) is 38.7 Å². The van der Waals surface area contributed by atoms with Crippen molar-refractivity contribution in [1.82, 2.24) is 4.90 Å². The standard InChI is InChI=1S/C30H21NO2/c32-29-24-7-3-4-8-25(24)30(33)27(29)14-18-9-11-21(13-18)31-16-20-15-26-22-6-2-1-5-19(22)10-12-23(26)28(20)17-31/h1-12,14H,13,15-17H2. The number of allylic oxidation sites excluding steroid dienone is 5. The van der Waals surface area contributed by atoms with Crippen LogP contribution in [0.25, 0.3) is 16.3 Å². The van der Waals surface area contributed by atoms with E-state index in [9.17, 15) is 9.59 Å². The molecular formula is C30H21NO2. The molecule has 0 fully saturated rings. The van der Waals surface area contributed by atoms with Crippen molar-refractivity contribution < 1.29 is 9.59 Å². The Kier molecular flexibility index (Phi) is 3.80.